The fraction of sp³-hybridized carbons (Fsp3) is 0.435. The van der Waals surface area contributed by atoms with E-state index in [1.54, 1.807) is 12.1 Å². The Morgan fingerprint density at radius 1 is 1.13 bits per heavy atom. The Balaban J connectivity index is 1.84. The molecule has 3 rings (SSSR count). The lowest BCUT2D eigenvalue weighted by molar-refractivity contribution is -0.121. The maximum Gasteiger partial charge on any atom is 0.241 e. The molecule has 162 valence electrons. The van der Waals surface area contributed by atoms with E-state index in [0.29, 0.717) is 12.1 Å². The Kier molecular flexibility index (Phi) is 6.41. The van der Waals surface area contributed by atoms with Crippen molar-refractivity contribution in [3.05, 3.63) is 59.7 Å². The topological polar surface area (TPSA) is 75.7 Å². The highest BCUT2D eigenvalue weighted by Crippen LogP contribution is 2.42. The van der Waals surface area contributed by atoms with Gasteiger partial charge in [-0.3, -0.25) is 9.10 Å². The number of fused-ring (bicyclic) bond motifs is 1. The van der Waals surface area contributed by atoms with Gasteiger partial charge in [-0.15, -0.1) is 0 Å². The number of rotatable bonds is 7. The van der Waals surface area contributed by atoms with Crippen molar-refractivity contribution in [3.8, 4) is 5.75 Å². The molecule has 1 amide bonds. The molecule has 0 saturated heterocycles. The number of hydrogen-bond donors (Lipinski definition) is 1. The lowest BCUT2D eigenvalue weighted by Gasteiger charge is -2.41. The number of ether oxygens (including phenoxy) is 1. The molecular formula is C23H30N2O4S. The molecule has 1 unspecified atom stereocenters. The van der Waals surface area contributed by atoms with Crippen LogP contribution in [-0.2, 0) is 14.8 Å². The standard InChI is InChI=1S/C23H30N2O4S/c1-5-23(6-2)15-20(19-9-7-8-10-21(19)29-23)24-22(26)16-25(30(4,27)28)18-13-11-17(3)12-14-18/h7-14,20H,5-6,15-16H2,1-4H3,(H,24,26). The summed E-state index contributed by atoms with van der Waals surface area (Å²) >= 11 is 0. The number of carbonyl (C=O) groups excluding carboxylic acids is 1. The van der Waals surface area contributed by atoms with E-state index in [4.69, 9.17) is 4.74 Å². The number of anilines is 1. The molecule has 2 aromatic carbocycles. The van der Waals surface area contributed by atoms with Gasteiger partial charge in [0.25, 0.3) is 0 Å². The SMILES string of the molecule is CCC1(CC)CC(NC(=O)CN(c2ccc(C)cc2)S(C)(=O)=O)c2ccccc2O1. The number of amides is 1. The minimum absolute atomic E-state index is 0.234. The maximum atomic E-state index is 12.9. The third-order valence-electron chi connectivity index (χ3n) is 5.83. The molecule has 0 radical (unpaired) electrons. The van der Waals surface area contributed by atoms with Crippen molar-refractivity contribution < 1.29 is 17.9 Å². The summed E-state index contributed by atoms with van der Waals surface area (Å²) in [4.78, 5) is 12.9. The molecule has 0 fully saturated rings. The van der Waals surface area contributed by atoms with E-state index < -0.39 is 10.0 Å². The molecule has 1 heterocycles. The first kappa shape index (κ1) is 22.2. The molecule has 1 N–H and O–H groups in total. The normalized spacial score (nSPS) is 17.5. The van der Waals surface area contributed by atoms with E-state index in [0.717, 1.165) is 40.3 Å². The molecule has 1 atom stereocenters. The number of carbonyl (C=O) groups is 1. The van der Waals surface area contributed by atoms with Gasteiger partial charge in [0.2, 0.25) is 15.9 Å². The van der Waals surface area contributed by atoms with Crippen LogP contribution in [0.3, 0.4) is 0 Å². The first-order valence-electron chi connectivity index (χ1n) is 10.3. The molecule has 0 bridgehead atoms. The summed E-state index contributed by atoms with van der Waals surface area (Å²) in [6.45, 7) is 5.82. The Labute approximate surface area is 179 Å². The number of nitrogens with one attached hydrogen (secondary N) is 1. The van der Waals surface area contributed by atoms with Gasteiger partial charge in [-0.1, -0.05) is 49.7 Å². The third kappa shape index (κ3) is 4.78. The molecule has 0 spiro atoms. The Hall–Kier alpha value is -2.54. The predicted molar refractivity (Wildman–Crippen MR) is 119 cm³/mol. The van der Waals surface area contributed by atoms with Gasteiger partial charge in [-0.2, -0.15) is 0 Å². The fourth-order valence-electron chi connectivity index (χ4n) is 3.91. The highest BCUT2D eigenvalue weighted by Gasteiger charge is 2.39. The monoisotopic (exact) mass is 430 g/mol. The molecule has 30 heavy (non-hydrogen) atoms. The van der Waals surface area contributed by atoms with Gasteiger partial charge in [0, 0.05) is 12.0 Å². The Morgan fingerprint density at radius 2 is 1.77 bits per heavy atom. The second-order valence-corrected chi connectivity index (χ2v) is 9.87. The summed E-state index contributed by atoms with van der Waals surface area (Å²) < 4.78 is 32.2. The minimum Gasteiger partial charge on any atom is -0.487 e. The van der Waals surface area contributed by atoms with Crippen LogP contribution >= 0.6 is 0 Å². The van der Waals surface area contributed by atoms with Gasteiger partial charge in [-0.25, -0.2) is 8.42 Å². The number of sulfonamides is 1. The number of aryl methyl sites for hydroxylation is 1. The quantitative estimate of drug-likeness (QED) is 0.721. The molecule has 7 heteroatoms. The maximum absolute atomic E-state index is 12.9. The number of hydrogen-bond acceptors (Lipinski definition) is 4. The third-order valence-corrected chi connectivity index (χ3v) is 6.97. The summed E-state index contributed by atoms with van der Waals surface area (Å²) in [5.74, 6) is 0.431. The fourth-order valence-corrected chi connectivity index (χ4v) is 4.77. The lowest BCUT2D eigenvalue weighted by Crippen LogP contribution is -2.47. The number of para-hydroxylation sites is 1. The molecule has 0 aliphatic carbocycles. The van der Waals surface area contributed by atoms with Crippen LogP contribution in [0.15, 0.2) is 48.5 Å². The van der Waals surface area contributed by atoms with E-state index in [1.807, 2.05) is 43.3 Å². The average Bonchev–Trinajstić information content (AvgIpc) is 2.72. The predicted octanol–water partition coefficient (Wildman–Crippen LogP) is 3.96. The average molecular weight is 431 g/mol. The first-order chi connectivity index (χ1) is 14.2. The number of benzene rings is 2. The van der Waals surface area contributed by atoms with E-state index in [2.05, 4.69) is 19.2 Å². The summed E-state index contributed by atoms with van der Waals surface area (Å²) in [6, 6.07) is 14.6. The van der Waals surface area contributed by atoms with E-state index in [-0.39, 0.29) is 24.1 Å². The van der Waals surface area contributed by atoms with Gasteiger partial charge in [-0.05, 0) is 38.0 Å². The summed E-state index contributed by atoms with van der Waals surface area (Å²) in [7, 11) is -3.61. The van der Waals surface area contributed by atoms with Gasteiger partial charge < -0.3 is 10.1 Å². The smallest absolute Gasteiger partial charge is 0.241 e. The van der Waals surface area contributed by atoms with Crippen LogP contribution < -0.4 is 14.4 Å². The molecule has 1 aliphatic rings. The van der Waals surface area contributed by atoms with Crippen LogP contribution in [0, 0.1) is 6.92 Å². The van der Waals surface area contributed by atoms with Crippen LogP contribution in [-0.4, -0.2) is 32.7 Å². The molecule has 0 saturated carbocycles. The molecule has 6 nitrogen and oxygen atoms in total. The van der Waals surface area contributed by atoms with Crippen LogP contribution in [0.1, 0.15) is 50.3 Å². The van der Waals surface area contributed by atoms with Crippen LogP contribution in [0.2, 0.25) is 0 Å². The van der Waals surface area contributed by atoms with Crippen molar-refractivity contribution in [2.45, 2.75) is 51.7 Å². The minimum atomic E-state index is -3.61. The highest BCUT2D eigenvalue weighted by atomic mass is 32.2. The van der Waals surface area contributed by atoms with Crippen LogP contribution in [0.4, 0.5) is 5.69 Å². The molecular weight excluding hydrogens is 400 g/mol. The molecule has 2 aromatic rings. The van der Waals surface area contributed by atoms with Crippen molar-refractivity contribution in [1.82, 2.24) is 5.32 Å². The summed E-state index contributed by atoms with van der Waals surface area (Å²) in [5, 5.41) is 3.06. The van der Waals surface area contributed by atoms with Gasteiger partial charge in [0.15, 0.2) is 0 Å². The Bertz CT molecular complexity index is 998. The number of nitrogens with zero attached hydrogens (tertiary/aromatic N) is 1. The van der Waals surface area contributed by atoms with E-state index in [1.165, 1.54) is 0 Å². The molecule has 0 aromatic heterocycles. The van der Waals surface area contributed by atoms with Gasteiger partial charge >= 0.3 is 0 Å². The van der Waals surface area contributed by atoms with Crippen molar-refractivity contribution in [1.29, 1.82) is 0 Å². The van der Waals surface area contributed by atoms with Crippen molar-refractivity contribution in [3.63, 3.8) is 0 Å². The van der Waals surface area contributed by atoms with Crippen molar-refractivity contribution >= 4 is 21.6 Å². The second kappa shape index (κ2) is 8.68. The summed E-state index contributed by atoms with van der Waals surface area (Å²) in [6.07, 6.45) is 3.40. The lowest BCUT2D eigenvalue weighted by atomic mass is 9.83. The second-order valence-electron chi connectivity index (χ2n) is 7.96. The summed E-state index contributed by atoms with van der Waals surface area (Å²) in [5.41, 5.74) is 2.07. The van der Waals surface area contributed by atoms with Crippen LogP contribution in [0.25, 0.3) is 0 Å². The van der Waals surface area contributed by atoms with E-state index >= 15 is 0 Å². The first-order valence-corrected chi connectivity index (χ1v) is 12.1. The zero-order chi connectivity index (χ0) is 21.9. The van der Waals surface area contributed by atoms with Gasteiger partial charge in [0.05, 0.1) is 18.0 Å². The van der Waals surface area contributed by atoms with Crippen molar-refractivity contribution in [2.75, 3.05) is 17.1 Å². The zero-order valence-electron chi connectivity index (χ0n) is 18.0. The largest absolute Gasteiger partial charge is 0.487 e. The zero-order valence-corrected chi connectivity index (χ0v) is 18.8. The highest BCUT2D eigenvalue weighted by molar-refractivity contribution is 7.92. The van der Waals surface area contributed by atoms with E-state index in [9.17, 15) is 13.2 Å². The van der Waals surface area contributed by atoms with Crippen LogP contribution in [0.5, 0.6) is 5.75 Å². The van der Waals surface area contributed by atoms with Crippen molar-refractivity contribution in [2.24, 2.45) is 0 Å². The Morgan fingerprint density at radius 3 is 2.37 bits per heavy atom. The molecule has 1 aliphatic heterocycles. The van der Waals surface area contributed by atoms with Gasteiger partial charge in [0.1, 0.15) is 17.9 Å².